The van der Waals surface area contributed by atoms with Crippen molar-refractivity contribution in [2.75, 3.05) is 6.61 Å². The lowest BCUT2D eigenvalue weighted by Crippen LogP contribution is -1.78. The van der Waals surface area contributed by atoms with Crippen LogP contribution in [0.15, 0.2) is 60.7 Å². The van der Waals surface area contributed by atoms with Gasteiger partial charge in [0.05, 0.1) is 6.61 Å². The fraction of sp³-hybridized carbons (Fsp3) is 0.125. The summed E-state index contributed by atoms with van der Waals surface area (Å²) in [5.41, 5.74) is 0. The third kappa shape index (κ3) is 2.95. The Bertz CT molecular complexity index is 565. The van der Waals surface area contributed by atoms with Crippen LogP contribution in [-0.4, -0.2) is 14.1 Å². The van der Waals surface area contributed by atoms with Gasteiger partial charge in [0.15, 0.2) is 0 Å². The molecule has 0 bridgehead atoms. The number of fused-ring (bicyclic) bond motifs is 2. The van der Waals surface area contributed by atoms with E-state index >= 15 is 0 Å². The largest absolute Gasteiger partial charge is 0.346 e. The van der Waals surface area contributed by atoms with Crippen molar-refractivity contribution < 1.29 is 9.69 Å². The Hall–Kier alpha value is -1.84. The van der Waals surface area contributed by atoms with Crippen LogP contribution in [0.5, 0.6) is 0 Å². The molecule has 4 rings (SSSR count). The minimum Gasteiger partial charge on any atom is -0.311 e. The van der Waals surface area contributed by atoms with Gasteiger partial charge in [-0.1, -0.05) is 48.5 Å². The van der Waals surface area contributed by atoms with Gasteiger partial charge in [-0.15, -0.1) is 0 Å². The average molecular weight is 249 g/mol. The fourth-order valence-electron chi connectivity index (χ4n) is 2.12. The molecule has 3 heteroatoms. The molecule has 1 saturated heterocycles. The average Bonchev–Trinajstić information content (AvgIpc) is 3.04. The minimum absolute atomic E-state index is 0.722. The first-order valence-corrected chi connectivity index (χ1v) is 6.41. The maximum absolute atomic E-state index is 4.39. The summed E-state index contributed by atoms with van der Waals surface area (Å²) in [5.74, 6) is 0. The summed E-state index contributed by atoms with van der Waals surface area (Å²) < 4.78 is 0. The van der Waals surface area contributed by atoms with Gasteiger partial charge in [-0.2, -0.15) is 0 Å². The summed E-state index contributed by atoms with van der Waals surface area (Å²) in [4.78, 5) is 8.71. The van der Waals surface area contributed by atoms with E-state index in [1.165, 1.54) is 21.5 Å². The molecule has 1 radical (unpaired) electrons. The standard InChI is InChI=1S/C14H10.C2H4BO2/c1-2-6-12-10-14-8-4-3-7-13(14)9-11(12)5-1;1-2-4-5-3-1/h1-10H;1-2H2. The third-order valence-electron chi connectivity index (χ3n) is 3.07. The summed E-state index contributed by atoms with van der Waals surface area (Å²) in [5, 5.41) is 5.25. The van der Waals surface area contributed by atoms with Gasteiger partial charge in [-0.3, -0.25) is 4.89 Å². The number of rotatable bonds is 0. The van der Waals surface area contributed by atoms with Crippen molar-refractivity contribution in [2.45, 2.75) is 6.32 Å². The zero-order chi connectivity index (χ0) is 12.9. The van der Waals surface area contributed by atoms with Gasteiger partial charge >= 0.3 is 7.48 Å². The summed E-state index contributed by atoms with van der Waals surface area (Å²) in [6, 6.07) is 21.4. The molecule has 93 valence electrons. The van der Waals surface area contributed by atoms with Gasteiger partial charge < -0.3 is 4.81 Å². The van der Waals surface area contributed by atoms with Gasteiger partial charge in [-0.25, -0.2) is 0 Å². The summed E-state index contributed by atoms with van der Waals surface area (Å²) in [7, 11) is 1.64. The predicted octanol–water partition coefficient (Wildman–Crippen LogP) is 3.98. The van der Waals surface area contributed by atoms with Crippen molar-refractivity contribution in [3.63, 3.8) is 0 Å². The third-order valence-corrected chi connectivity index (χ3v) is 3.07. The monoisotopic (exact) mass is 249 g/mol. The molecule has 0 atom stereocenters. The number of benzene rings is 3. The van der Waals surface area contributed by atoms with Crippen LogP contribution in [0, 0.1) is 0 Å². The van der Waals surface area contributed by atoms with Crippen LogP contribution in [0.1, 0.15) is 0 Å². The zero-order valence-corrected chi connectivity index (χ0v) is 10.6. The Kier molecular flexibility index (Phi) is 3.77. The molecule has 3 aromatic rings. The maximum Gasteiger partial charge on any atom is 0.346 e. The first-order chi connectivity index (χ1) is 9.43. The van der Waals surface area contributed by atoms with E-state index in [-0.39, 0.29) is 0 Å². The lowest BCUT2D eigenvalue weighted by Gasteiger charge is -2.00. The summed E-state index contributed by atoms with van der Waals surface area (Å²) >= 11 is 0. The second-order valence-electron chi connectivity index (χ2n) is 4.42. The first kappa shape index (κ1) is 12.2. The molecular formula is C16H14BO2. The van der Waals surface area contributed by atoms with Crippen LogP contribution in [0.2, 0.25) is 6.32 Å². The van der Waals surface area contributed by atoms with Crippen LogP contribution in [0.3, 0.4) is 0 Å². The van der Waals surface area contributed by atoms with Crippen LogP contribution in [0.4, 0.5) is 0 Å². The summed E-state index contributed by atoms with van der Waals surface area (Å²) in [6.45, 7) is 0.722. The van der Waals surface area contributed by atoms with Crippen molar-refractivity contribution in [1.29, 1.82) is 0 Å². The lowest BCUT2D eigenvalue weighted by atomic mass is 9.99. The molecule has 0 unspecified atom stereocenters. The maximum atomic E-state index is 4.39. The zero-order valence-electron chi connectivity index (χ0n) is 10.6. The van der Waals surface area contributed by atoms with E-state index in [1.807, 2.05) is 0 Å². The molecule has 0 spiro atoms. The molecule has 0 aliphatic carbocycles. The highest BCUT2D eigenvalue weighted by Gasteiger charge is 2.00. The Morgan fingerprint density at radius 2 is 1.21 bits per heavy atom. The molecule has 0 aromatic heterocycles. The molecule has 0 amide bonds. The topological polar surface area (TPSA) is 18.5 Å². The molecule has 3 aromatic carbocycles. The Morgan fingerprint density at radius 3 is 1.47 bits per heavy atom. The van der Waals surface area contributed by atoms with Crippen molar-refractivity contribution in [1.82, 2.24) is 0 Å². The van der Waals surface area contributed by atoms with Crippen molar-refractivity contribution in [3.05, 3.63) is 60.7 Å². The van der Waals surface area contributed by atoms with E-state index in [1.54, 1.807) is 7.48 Å². The highest BCUT2D eigenvalue weighted by atomic mass is 17.2. The van der Waals surface area contributed by atoms with Crippen molar-refractivity contribution >= 4 is 29.0 Å². The normalized spacial score (nSPS) is 13.9. The Balaban J connectivity index is 0.000000187. The second-order valence-corrected chi connectivity index (χ2v) is 4.42. The molecule has 0 N–H and O–H groups in total. The van der Waals surface area contributed by atoms with Crippen LogP contribution in [0.25, 0.3) is 21.5 Å². The quantitative estimate of drug-likeness (QED) is 0.341. The lowest BCUT2D eigenvalue weighted by molar-refractivity contribution is -0.181. The van der Waals surface area contributed by atoms with E-state index in [4.69, 9.17) is 0 Å². The van der Waals surface area contributed by atoms with E-state index in [9.17, 15) is 0 Å². The second kappa shape index (κ2) is 5.87. The van der Waals surface area contributed by atoms with E-state index in [2.05, 4.69) is 70.4 Å². The van der Waals surface area contributed by atoms with Gasteiger partial charge in [-0.05, 0) is 40.0 Å². The molecule has 1 aliphatic rings. The van der Waals surface area contributed by atoms with E-state index < -0.39 is 0 Å². The molecular weight excluding hydrogens is 235 g/mol. The highest BCUT2D eigenvalue weighted by molar-refractivity contribution is 6.27. The van der Waals surface area contributed by atoms with Crippen LogP contribution < -0.4 is 0 Å². The minimum atomic E-state index is 0.722. The SMILES string of the molecule is [B]1CCOO1.c1ccc2cc3ccccc3cc2c1. The molecule has 1 heterocycles. The van der Waals surface area contributed by atoms with Crippen LogP contribution in [-0.2, 0) is 9.69 Å². The molecule has 1 aliphatic heterocycles. The number of hydrogen-bond donors (Lipinski definition) is 0. The fourth-order valence-corrected chi connectivity index (χ4v) is 2.12. The Labute approximate surface area is 113 Å². The Morgan fingerprint density at radius 1 is 0.737 bits per heavy atom. The smallest absolute Gasteiger partial charge is 0.311 e. The van der Waals surface area contributed by atoms with Crippen LogP contribution >= 0.6 is 0 Å². The van der Waals surface area contributed by atoms with Gasteiger partial charge in [0, 0.05) is 0 Å². The predicted molar refractivity (Wildman–Crippen MR) is 79.1 cm³/mol. The molecule has 19 heavy (non-hydrogen) atoms. The molecule has 2 nitrogen and oxygen atoms in total. The van der Waals surface area contributed by atoms with Crippen molar-refractivity contribution in [2.24, 2.45) is 0 Å². The highest BCUT2D eigenvalue weighted by Crippen LogP contribution is 2.21. The van der Waals surface area contributed by atoms with Gasteiger partial charge in [0.25, 0.3) is 0 Å². The van der Waals surface area contributed by atoms with Crippen molar-refractivity contribution in [3.8, 4) is 0 Å². The van der Waals surface area contributed by atoms with E-state index in [0.717, 1.165) is 12.9 Å². The van der Waals surface area contributed by atoms with Gasteiger partial charge in [0.1, 0.15) is 0 Å². The van der Waals surface area contributed by atoms with Gasteiger partial charge in [0.2, 0.25) is 0 Å². The molecule has 1 fully saturated rings. The number of hydrogen-bond acceptors (Lipinski definition) is 2. The molecule has 0 saturated carbocycles. The summed E-state index contributed by atoms with van der Waals surface area (Å²) in [6.07, 6.45) is 0.931. The first-order valence-electron chi connectivity index (χ1n) is 6.41. The van der Waals surface area contributed by atoms with E-state index in [0.29, 0.717) is 0 Å².